The van der Waals surface area contributed by atoms with Crippen LogP contribution >= 0.6 is 0 Å². The fraction of sp³-hybridized carbons (Fsp3) is 0.833. The fourth-order valence-electron chi connectivity index (χ4n) is 3.67. The Balaban J connectivity index is 1.94. The molecule has 20 heavy (non-hydrogen) atoms. The van der Waals surface area contributed by atoms with E-state index in [9.17, 15) is 4.79 Å². The molecule has 2 heteroatoms. The van der Waals surface area contributed by atoms with Gasteiger partial charge < -0.3 is 4.74 Å². The first-order chi connectivity index (χ1) is 9.47. The van der Waals surface area contributed by atoms with Gasteiger partial charge in [0.05, 0.1) is 5.92 Å². The highest BCUT2D eigenvalue weighted by molar-refractivity contribution is 5.73. The van der Waals surface area contributed by atoms with E-state index in [1.54, 1.807) is 0 Å². The van der Waals surface area contributed by atoms with Crippen molar-refractivity contribution in [3.8, 4) is 0 Å². The molecule has 4 atom stereocenters. The van der Waals surface area contributed by atoms with Crippen LogP contribution in [0.3, 0.4) is 0 Å². The van der Waals surface area contributed by atoms with Crippen molar-refractivity contribution < 1.29 is 9.53 Å². The number of allylic oxidation sites excluding steroid dienone is 2. The van der Waals surface area contributed by atoms with Gasteiger partial charge in [0, 0.05) is 0 Å². The van der Waals surface area contributed by atoms with Crippen LogP contribution in [0, 0.1) is 23.7 Å². The molecule has 0 aromatic rings. The van der Waals surface area contributed by atoms with Crippen molar-refractivity contribution in [3.63, 3.8) is 0 Å². The first kappa shape index (κ1) is 15.6. The number of carbonyl (C=O) groups is 1. The van der Waals surface area contributed by atoms with Gasteiger partial charge in [0.2, 0.25) is 0 Å². The standard InChI is InChI=1S/C18H30O2/c1-12(2)16-10-7-14(4)11-17(16)20-18(19)15-8-5-13(3)6-9-15/h5,12,14-17H,6-11H2,1-4H3/t14-,15?,16+,17-/m1/s1. The summed E-state index contributed by atoms with van der Waals surface area (Å²) in [5.41, 5.74) is 1.42. The predicted octanol–water partition coefficient (Wildman–Crippen LogP) is 4.74. The third-order valence-corrected chi connectivity index (χ3v) is 5.20. The lowest BCUT2D eigenvalue weighted by molar-refractivity contribution is -0.161. The van der Waals surface area contributed by atoms with Gasteiger partial charge in [-0.25, -0.2) is 0 Å². The summed E-state index contributed by atoms with van der Waals surface area (Å²) in [4.78, 5) is 12.4. The van der Waals surface area contributed by atoms with E-state index in [1.165, 1.54) is 18.4 Å². The topological polar surface area (TPSA) is 26.3 Å². The number of hydrogen-bond acceptors (Lipinski definition) is 2. The molecule has 2 rings (SSSR count). The molecule has 2 aliphatic rings. The molecule has 0 saturated heterocycles. The second-order valence-corrected chi connectivity index (χ2v) is 7.32. The van der Waals surface area contributed by atoms with Gasteiger partial charge in [0.25, 0.3) is 0 Å². The minimum absolute atomic E-state index is 0.0542. The van der Waals surface area contributed by atoms with Crippen LogP contribution in [0.5, 0.6) is 0 Å². The van der Waals surface area contributed by atoms with Crippen LogP contribution in [-0.2, 0) is 9.53 Å². The van der Waals surface area contributed by atoms with Crippen LogP contribution in [-0.4, -0.2) is 12.1 Å². The highest BCUT2D eigenvalue weighted by Gasteiger charge is 2.35. The van der Waals surface area contributed by atoms with E-state index in [4.69, 9.17) is 4.74 Å². The Morgan fingerprint density at radius 2 is 2.05 bits per heavy atom. The molecule has 0 aliphatic heterocycles. The molecule has 0 aromatic carbocycles. The van der Waals surface area contributed by atoms with E-state index < -0.39 is 0 Å². The SMILES string of the molecule is CC1=CCC(C(=O)O[C@@H]2C[C@H](C)CC[C@H]2C(C)C)CC1. The number of carbonyl (C=O) groups excluding carboxylic acids is 1. The van der Waals surface area contributed by atoms with E-state index in [-0.39, 0.29) is 18.0 Å². The lowest BCUT2D eigenvalue weighted by Crippen LogP contribution is -2.37. The average Bonchev–Trinajstić information content (AvgIpc) is 2.39. The van der Waals surface area contributed by atoms with Gasteiger partial charge in [-0.15, -0.1) is 0 Å². The van der Waals surface area contributed by atoms with Gasteiger partial charge in [-0.2, -0.15) is 0 Å². The zero-order valence-corrected chi connectivity index (χ0v) is 13.5. The molecule has 0 bridgehead atoms. The maximum Gasteiger partial charge on any atom is 0.309 e. The third kappa shape index (κ3) is 3.86. The van der Waals surface area contributed by atoms with Crippen LogP contribution in [0.2, 0.25) is 0 Å². The molecule has 1 unspecified atom stereocenters. The number of esters is 1. The summed E-state index contributed by atoms with van der Waals surface area (Å²) in [5, 5.41) is 0. The Bertz CT molecular complexity index is 370. The number of ether oxygens (including phenoxy) is 1. The highest BCUT2D eigenvalue weighted by atomic mass is 16.5. The summed E-state index contributed by atoms with van der Waals surface area (Å²) in [6, 6.07) is 0. The Kier molecular flexibility index (Phi) is 5.29. The van der Waals surface area contributed by atoms with Gasteiger partial charge >= 0.3 is 5.97 Å². The smallest absolute Gasteiger partial charge is 0.309 e. The molecule has 0 radical (unpaired) electrons. The molecule has 0 heterocycles. The second kappa shape index (κ2) is 6.78. The van der Waals surface area contributed by atoms with E-state index in [2.05, 4.69) is 33.8 Å². The van der Waals surface area contributed by atoms with Crippen molar-refractivity contribution in [1.29, 1.82) is 0 Å². The molecule has 0 spiro atoms. The first-order valence-electron chi connectivity index (χ1n) is 8.33. The first-order valence-corrected chi connectivity index (χ1v) is 8.33. The van der Waals surface area contributed by atoms with Crippen molar-refractivity contribution in [3.05, 3.63) is 11.6 Å². The summed E-state index contributed by atoms with van der Waals surface area (Å²) >= 11 is 0. The number of hydrogen-bond donors (Lipinski definition) is 0. The minimum atomic E-state index is 0.0542. The molecule has 0 N–H and O–H groups in total. The molecular formula is C18H30O2. The Morgan fingerprint density at radius 3 is 2.65 bits per heavy atom. The van der Waals surface area contributed by atoms with Gasteiger partial charge in [-0.3, -0.25) is 4.79 Å². The Labute approximate surface area is 124 Å². The molecular weight excluding hydrogens is 248 g/mol. The lowest BCUT2D eigenvalue weighted by atomic mass is 9.75. The molecule has 114 valence electrons. The maximum atomic E-state index is 12.4. The molecule has 1 saturated carbocycles. The largest absolute Gasteiger partial charge is 0.462 e. The maximum absolute atomic E-state index is 12.4. The monoisotopic (exact) mass is 278 g/mol. The van der Waals surface area contributed by atoms with Crippen LogP contribution in [0.15, 0.2) is 11.6 Å². The summed E-state index contributed by atoms with van der Waals surface area (Å²) in [7, 11) is 0. The van der Waals surface area contributed by atoms with Crippen LogP contribution in [0.25, 0.3) is 0 Å². The zero-order valence-electron chi connectivity index (χ0n) is 13.5. The fourth-order valence-corrected chi connectivity index (χ4v) is 3.67. The molecule has 1 fully saturated rings. The molecule has 2 aliphatic carbocycles. The van der Waals surface area contributed by atoms with E-state index in [0.29, 0.717) is 17.8 Å². The third-order valence-electron chi connectivity index (χ3n) is 5.20. The molecule has 0 amide bonds. The van der Waals surface area contributed by atoms with Crippen molar-refractivity contribution in [1.82, 2.24) is 0 Å². The Hall–Kier alpha value is -0.790. The summed E-state index contributed by atoms with van der Waals surface area (Å²) in [5.74, 6) is 2.00. The van der Waals surface area contributed by atoms with Crippen LogP contribution < -0.4 is 0 Å². The van der Waals surface area contributed by atoms with E-state index >= 15 is 0 Å². The van der Waals surface area contributed by atoms with Crippen molar-refractivity contribution in [2.24, 2.45) is 23.7 Å². The predicted molar refractivity (Wildman–Crippen MR) is 82.3 cm³/mol. The summed E-state index contributed by atoms with van der Waals surface area (Å²) in [6.07, 6.45) is 8.79. The zero-order chi connectivity index (χ0) is 14.7. The minimum Gasteiger partial charge on any atom is -0.462 e. The van der Waals surface area contributed by atoms with Gasteiger partial charge in [0.1, 0.15) is 6.10 Å². The second-order valence-electron chi connectivity index (χ2n) is 7.32. The van der Waals surface area contributed by atoms with Gasteiger partial charge in [0.15, 0.2) is 0 Å². The van der Waals surface area contributed by atoms with E-state index in [1.807, 2.05) is 0 Å². The van der Waals surface area contributed by atoms with Crippen molar-refractivity contribution in [2.45, 2.75) is 72.3 Å². The van der Waals surface area contributed by atoms with E-state index in [0.717, 1.165) is 25.7 Å². The number of rotatable bonds is 3. The highest BCUT2D eigenvalue weighted by Crippen LogP contribution is 2.36. The normalized spacial score (nSPS) is 34.8. The quantitative estimate of drug-likeness (QED) is 0.550. The van der Waals surface area contributed by atoms with Crippen molar-refractivity contribution in [2.75, 3.05) is 0 Å². The Morgan fingerprint density at radius 1 is 1.30 bits per heavy atom. The summed E-state index contributed by atoms with van der Waals surface area (Å²) in [6.45, 7) is 8.95. The lowest BCUT2D eigenvalue weighted by Gasteiger charge is -2.37. The molecule has 2 nitrogen and oxygen atoms in total. The van der Waals surface area contributed by atoms with Gasteiger partial charge in [-0.1, -0.05) is 38.8 Å². The van der Waals surface area contributed by atoms with Crippen LogP contribution in [0.1, 0.15) is 66.2 Å². The average molecular weight is 278 g/mol. The van der Waals surface area contributed by atoms with Crippen molar-refractivity contribution >= 4 is 5.97 Å². The summed E-state index contributed by atoms with van der Waals surface area (Å²) < 4.78 is 5.94. The molecule has 0 aromatic heterocycles. The van der Waals surface area contributed by atoms with Crippen LogP contribution in [0.4, 0.5) is 0 Å². The van der Waals surface area contributed by atoms with Gasteiger partial charge in [-0.05, 0) is 56.8 Å².